The summed E-state index contributed by atoms with van der Waals surface area (Å²) in [4.78, 5) is 24.6. The normalized spacial score (nSPS) is 10.7. The van der Waals surface area contributed by atoms with E-state index in [0.29, 0.717) is 4.47 Å². The minimum atomic E-state index is -0.716. The van der Waals surface area contributed by atoms with Crippen molar-refractivity contribution < 1.29 is 24.5 Å². The fourth-order valence-corrected chi connectivity index (χ4v) is 2.47. The van der Waals surface area contributed by atoms with Gasteiger partial charge in [0.2, 0.25) is 0 Å². The third kappa shape index (κ3) is 3.59. The molecule has 0 aliphatic carbocycles. The van der Waals surface area contributed by atoms with Crippen LogP contribution < -0.4 is 0 Å². The lowest BCUT2D eigenvalue weighted by Crippen LogP contribution is -2.13. The fraction of sp³-hybridized carbons (Fsp3) is 0.222. The van der Waals surface area contributed by atoms with E-state index < -0.39 is 11.8 Å². The van der Waals surface area contributed by atoms with Crippen molar-refractivity contribution in [2.24, 2.45) is 0 Å². The number of rotatable bonds is 4. The second-order valence-corrected chi connectivity index (χ2v) is 6.40. The van der Waals surface area contributed by atoms with Gasteiger partial charge < -0.3 is 14.9 Å². The number of aryl methyl sites for hydroxylation is 1. The van der Waals surface area contributed by atoms with Crippen LogP contribution >= 0.6 is 15.9 Å². The number of hydrogen-bond acceptors (Lipinski definition) is 5. The molecule has 0 heterocycles. The number of carbonyl (C=O) groups is 2. The van der Waals surface area contributed by atoms with E-state index in [1.807, 2.05) is 0 Å². The van der Waals surface area contributed by atoms with E-state index in [4.69, 9.17) is 4.74 Å². The third-order valence-electron chi connectivity index (χ3n) is 3.38. The Hall–Kier alpha value is -2.34. The zero-order chi connectivity index (χ0) is 18.0. The van der Waals surface area contributed by atoms with Crippen molar-refractivity contribution in [3.8, 4) is 11.5 Å². The molecule has 0 fully saturated rings. The van der Waals surface area contributed by atoms with E-state index >= 15 is 0 Å². The Bertz CT molecular complexity index is 811. The SMILES string of the molecule is Cc1ccc(C(=O)c2ccc(O)c(C(=O)OC(C)C)c2)c(O)c1Br. The summed E-state index contributed by atoms with van der Waals surface area (Å²) in [6.07, 6.45) is -0.353. The molecular weight excluding hydrogens is 376 g/mol. The molecule has 0 aromatic heterocycles. The Morgan fingerprint density at radius 2 is 1.75 bits per heavy atom. The predicted octanol–water partition coefficient (Wildman–Crippen LogP) is 3.96. The van der Waals surface area contributed by atoms with Crippen LogP contribution in [0.5, 0.6) is 11.5 Å². The van der Waals surface area contributed by atoms with Crippen molar-refractivity contribution in [2.75, 3.05) is 0 Å². The highest BCUT2D eigenvalue weighted by Crippen LogP contribution is 2.33. The Kier molecular flexibility index (Phi) is 5.29. The lowest BCUT2D eigenvalue weighted by Gasteiger charge is -2.11. The van der Waals surface area contributed by atoms with E-state index in [-0.39, 0.29) is 34.3 Å². The lowest BCUT2D eigenvalue weighted by atomic mass is 9.99. The van der Waals surface area contributed by atoms with Gasteiger partial charge >= 0.3 is 5.97 Å². The highest BCUT2D eigenvalue weighted by atomic mass is 79.9. The number of benzene rings is 2. The van der Waals surface area contributed by atoms with Gasteiger partial charge in [-0.1, -0.05) is 6.07 Å². The van der Waals surface area contributed by atoms with Crippen LogP contribution in [0.2, 0.25) is 0 Å². The lowest BCUT2D eigenvalue weighted by molar-refractivity contribution is 0.0374. The predicted molar refractivity (Wildman–Crippen MR) is 92.6 cm³/mol. The highest BCUT2D eigenvalue weighted by Gasteiger charge is 2.21. The van der Waals surface area contributed by atoms with Gasteiger partial charge in [-0.05, 0) is 66.5 Å². The topological polar surface area (TPSA) is 83.8 Å². The molecule has 0 spiro atoms. The van der Waals surface area contributed by atoms with E-state index in [9.17, 15) is 19.8 Å². The molecule has 0 unspecified atom stereocenters. The molecule has 0 saturated heterocycles. The number of ketones is 1. The molecule has 0 amide bonds. The van der Waals surface area contributed by atoms with Gasteiger partial charge in [0, 0.05) is 5.56 Å². The summed E-state index contributed by atoms with van der Waals surface area (Å²) in [6, 6.07) is 7.11. The average molecular weight is 393 g/mol. The molecule has 0 radical (unpaired) electrons. The molecule has 0 saturated carbocycles. The van der Waals surface area contributed by atoms with Gasteiger partial charge in [0.1, 0.15) is 17.1 Å². The summed E-state index contributed by atoms with van der Waals surface area (Å²) in [7, 11) is 0. The van der Waals surface area contributed by atoms with E-state index in [0.717, 1.165) is 5.56 Å². The van der Waals surface area contributed by atoms with Gasteiger partial charge in [-0.2, -0.15) is 0 Å². The van der Waals surface area contributed by atoms with Gasteiger partial charge in [0.05, 0.1) is 16.1 Å². The number of phenols is 2. The Morgan fingerprint density at radius 3 is 2.38 bits per heavy atom. The molecule has 2 aromatic carbocycles. The largest absolute Gasteiger partial charge is 0.507 e. The summed E-state index contributed by atoms with van der Waals surface area (Å²) in [5, 5.41) is 20.0. The molecule has 2 N–H and O–H groups in total. The van der Waals surface area contributed by atoms with Gasteiger partial charge in [-0.25, -0.2) is 4.79 Å². The maximum Gasteiger partial charge on any atom is 0.342 e. The molecule has 0 aliphatic heterocycles. The van der Waals surface area contributed by atoms with Crippen LogP contribution in [0.4, 0.5) is 0 Å². The van der Waals surface area contributed by atoms with Crippen LogP contribution in [0, 0.1) is 6.92 Å². The van der Waals surface area contributed by atoms with Crippen LogP contribution in [-0.2, 0) is 4.74 Å². The summed E-state index contributed by atoms with van der Waals surface area (Å²) < 4.78 is 5.49. The second kappa shape index (κ2) is 7.05. The zero-order valence-corrected chi connectivity index (χ0v) is 15.0. The van der Waals surface area contributed by atoms with Crippen molar-refractivity contribution in [3.63, 3.8) is 0 Å². The molecule has 0 bridgehead atoms. The van der Waals surface area contributed by atoms with Crippen molar-refractivity contribution in [3.05, 3.63) is 57.1 Å². The van der Waals surface area contributed by atoms with E-state index in [2.05, 4.69) is 15.9 Å². The van der Waals surface area contributed by atoms with Crippen LogP contribution in [0.3, 0.4) is 0 Å². The van der Waals surface area contributed by atoms with Gasteiger partial charge in [-0.15, -0.1) is 0 Å². The molecular formula is C18H17BrO5. The number of esters is 1. The minimum absolute atomic E-state index is 0.0970. The Labute approximate surface area is 148 Å². The second-order valence-electron chi connectivity index (χ2n) is 5.61. The monoisotopic (exact) mass is 392 g/mol. The van der Waals surface area contributed by atoms with Crippen LogP contribution in [-0.4, -0.2) is 28.1 Å². The third-order valence-corrected chi connectivity index (χ3v) is 4.38. The number of carbonyl (C=O) groups excluding carboxylic acids is 2. The number of phenolic OH excluding ortho intramolecular Hbond substituents is 2. The average Bonchev–Trinajstić information content (AvgIpc) is 2.52. The first-order valence-corrected chi connectivity index (χ1v) is 8.08. The molecule has 5 nitrogen and oxygen atoms in total. The molecule has 2 rings (SSSR count). The summed E-state index contributed by atoms with van der Waals surface area (Å²) >= 11 is 3.23. The molecule has 0 atom stereocenters. The van der Waals surface area contributed by atoms with Crippen molar-refractivity contribution in [1.29, 1.82) is 0 Å². The maximum atomic E-state index is 12.6. The first-order chi connectivity index (χ1) is 11.2. The molecule has 6 heteroatoms. The van der Waals surface area contributed by atoms with Crippen molar-refractivity contribution >= 4 is 27.7 Å². The fourth-order valence-electron chi connectivity index (χ4n) is 2.12. The Morgan fingerprint density at radius 1 is 1.08 bits per heavy atom. The van der Waals surface area contributed by atoms with Crippen LogP contribution in [0.25, 0.3) is 0 Å². The Balaban J connectivity index is 2.45. The number of ether oxygens (including phenoxy) is 1. The maximum absolute atomic E-state index is 12.6. The first kappa shape index (κ1) is 18.0. The molecule has 0 aliphatic rings. The summed E-state index contributed by atoms with van der Waals surface area (Å²) in [5.41, 5.74) is 0.951. The van der Waals surface area contributed by atoms with Crippen molar-refractivity contribution in [1.82, 2.24) is 0 Å². The van der Waals surface area contributed by atoms with Gasteiger partial charge in [-0.3, -0.25) is 4.79 Å². The molecule has 2 aromatic rings. The van der Waals surface area contributed by atoms with Gasteiger partial charge in [0.25, 0.3) is 0 Å². The van der Waals surface area contributed by atoms with Crippen LogP contribution in [0.15, 0.2) is 34.8 Å². The number of aromatic hydroxyl groups is 2. The van der Waals surface area contributed by atoms with Gasteiger partial charge in [0.15, 0.2) is 5.78 Å². The molecule has 24 heavy (non-hydrogen) atoms. The van der Waals surface area contributed by atoms with E-state index in [1.165, 1.54) is 24.3 Å². The first-order valence-electron chi connectivity index (χ1n) is 7.29. The quantitative estimate of drug-likeness (QED) is 0.607. The summed E-state index contributed by atoms with van der Waals surface area (Å²) in [5.74, 6) is -1.62. The minimum Gasteiger partial charge on any atom is -0.507 e. The molecule has 126 valence electrons. The summed E-state index contributed by atoms with van der Waals surface area (Å²) in [6.45, 7) is 5.16. The highest BCUT2D eigenvalue weighted by molar-refractivity contribution is 9.10. The van der Waals surface area contributed by atoms with Crippen molar-refractivity contribution in [2.45, 2.75) is 26.9 Å². The number of halogens is 1. The zero-order valence-electron chi connectivity index (χ0n) is 13.5. The standard InChI is InChI=1S/C18H17BrO5/c1-9(2)24-18(23)13-8-11(5-7-14(13)20)16(21)12-6-4-10(3)15(19)17(12)22/h4-9,20,22H,1-3H3. The van der Waals surface area contributed by atoms with Crippen LogP contribution in [0.1, 0.15) is 45.7 Å². The smallest absolute Gasteiger partial charge is 0.342 e. The van der Waals surface area contributed by atoms with E-state index in [1.54, 1.807) is 26.8 Å². The number of hydrogen-bond donors (Lipinski definition) is 2.